The second kappa shape index (κ2) is 6.58. The van der Waals surface area contributed by atoms with Crippen molar-refractivity contribution in [3.8, 4) is 0 Å². The lowest BCUT2D eigenvalue weighted by molar-refractivity contribution is -0.174. The molecule has 0 aromatic heterocycles. The molecule has 0 spiro atoms. The van der Waals surface area contributed by atoms with Gasteiger partial charge in [-0.3, -0.25) is 14.5 Å². The van der Waals surface area contributed by atoms with Gasteiger partial charge in [-0.2, -0.15) is 0 Å². The highest BCUT2D eigenvalue weighted by molar-refractivity contribution is 5.86. The van der Waals surface area contributed by atoms with Crippen molar-refractivity contribution in [3.05, 3.63) is 35.4 Å². The molecule has 0 bridgehead atoms. The van der Waals surface area contributed by atoms with E-state index in [1.807, 2.05) is 24.3 Å². The average Bonchev–Trinajstić information content (AvgIpc) is 2.50. The first kappa shape index (κ1) is 17.3. The van der Waals surface area contributed by atoms with Crippen LogP contribution in [0.3, 0.4) is 0 Å². The quantitative estimate of drug-likeness (QED) is 0.785. The molecule has 1 heterocycles. The maximum atomic E-state index is 12.6. The van der Waals surface area contributed by atoms with Crippen LogP contribution < -0.4 is 0 Å². The highest BCUT2D eigenvalue weighted by Gasteiger charge is 2.38. The molecule has 0 saturated heterocycles. The average molecular weight is 320 g/mol. The lowest BCUT2D eigenvalue weighted by Gasteiger charge is -2.37. The number of fused-ring (bicyclic) bond motifs is 1. The third-order valence-electron chi connectivity index (χ3n) is 3.75. The number of ether oxygens (including phenoxy) is 1. The number of nitrogens with zero attached hydrogens (tertiary/aromatic N) is 2. The number of carbonyl (C=O) groups excluding carboxylic acids is 2. The van der Waals surface area contributed by atoms with E-state index in [1.165, 1.54) is 19.1 Å². The van der Waals surface area contributed by atoms with Gasteiger partial charge in [-0.25, -0.2) is 9.86 Å². The van der Waals surface area contributed by atoms with Crippen LogP contribution in [0.4, 0.5) is 4.79 Å². The lowest BCUT2D eigenvalue weighted by Crippen LogP contribution is -2.53. The Kier molecular flexibility index (Phi) is 4.94. The van der Waals surface area contributed by atoms with E-state index in [2.05, 4.69) is 0 Å². The second-order valence-electron chi connectivity index (χ2n) is 6.62. The van der Waals surface area contributed by atoms with Crippen LogP contribution in [0.1, 0.15) is 31.9 Å². The maximum absolute atomic E-state index is 12.6. The van der Waals surface area contributed by atoms with Gasteiger partial charge in [0.15, 0.2) is 0 Å². The number of hydroxylamine groups is 2. The predicted octanol–water partition coefficient (Wildman–Crippen LogP) is 2.37. The molecule has 0 unspecified atom stereocenters. The molecule has 2 amide bonds. The number of likely N-dealkylation sites (N-methyl/N-ethyl adjacent to an activating group) is 1. The summed E-state index contributed by atoms with van der Waals surface area (Å²) in [6.07, 6.45) is -0.0445. The van der Waals surface area contributed by atoms with Gasteiger partial charge in [0.05, 0.1) is 13.7 Å². The summed E-state index contributed by atoms with van der Waals surface area (Å²) in [6, 6.07) is 7.17. The summed E-state index contributed by atoms with van der Waals surface area (Å²) >= 11 is 0. The molecule has 0 aliphatic carbocycles. The first-order valence-electron chi connectivity index (χ1n) is 7.61. The Labute approximate surface area is 136 Å². The SMILES string of the molecule is CON(C)C(=O)[C@@H]1Cc2ccccc2CN1C(=O)OC(C)(C)C. The standard InChI is InChI=1S/C17H24N2O4/c1-17(2,3)23-16(21)19-11-13-9-7-6-8-12(13)10-14(19)15(20)18(4)22-5/h6-9,14H,10-11H2,1-5H3/t14-/m0/s1. The smallest absolute Gasteiger partial charge is 0.411 e. The van der Waals surface area contributed by atoms with Crippen molar-refractivity contribution in [1.82, 2.24) is 9.96 Å². The minimum absolute atomic E-state index is 0.270. The van der Waals surface area contributed by atoms with Crippen LogP contribution in [0.25, 0.3) is 0 Å². The number of hydrogen-bond donors (Lipinski definition) is 0. The summed E-state index contributed by atoms with van der Waals surface area (Å²) in [5.41, 5.74) is 1.48. The van der Waals surface area contributed by atoms with E-state index >= 15 is 0 Å². The van der Waals surface area contributed by atoms with Crippen LogP contribution in [0, 0.1) is 0 Å². The molecule has 1 aromatic rings. The minimum atomic E-state index is -0.635. The molecule has 1 aromatic carbocycles. The normalized spacial score (nSPS) is 17.4. The minimum Gasteiger partial charge on any atom is -0.444 e. The fourth-order valence-corrected chi connectivity index (χ4v) is 2.56. The summed E-state index contributed by atoms with van der Waals surface area (Å²) in [7, 11) is 2.96. The number of hydrogen-bond acceptors (Lipinski definition) is 4. The highest BCUT2D eigenvalue weighted by atomic mass is 16.7. The topological polar surface area (TPSA) is 59.1 Å². The largest absolute Gasteiger partial charge is 0.444 e. The number of rotatable bonds is 2. The number of carbonyl (C=O) groups is 2. The molecular weight excluding hydrogens is 296 g/mol. The summed E-state index contributed by atoms with van der Waals surface area (Å²) in [6.45, 7) is 5.77. The molecule has 0 radical (unpaired) electrons. The maximum Gasteiger partial charge on any atom is 0.411 e. The van der Waals surface area contributed by atoms with Crippen molar-refractivity contribution in [2.24, 2.45) is 0 Å². The van der Waals surface area contributed by atoms with Crippen molar-refractivity contribution in [2.75, 3.05) is 14.2 Å². The Morgan fingerprint density at radius 3 is 2.39 bits per heavy atom. The van der Waals surface area contributed by atoms with E-state index in [4.69, 9.17) is 9.57 Å². The molecule has 6 nitrogen and oxygen atoms in total. The van der Waals surface area contributed by atoms with Crippen LogP contribution in [0.2, 0.25) is 0 Å². The summed E-state index contributed by atoms with van der Waals surface area (Å²) in [5, 5.41) is 1.15. The number of amides is 2. The molecule has 126 valence electrons. The molecule has 0 N–H and O–H groups in total. The Balaban J connectivity index is 2.31. The van der Waals surface area contributed by atoms with Gasteiger partial charge in [0.25, 0.3) is 5.91 Å². The van der Waals surface area contributed by atoms with Gasteiger partial charge in [-0.1, -0.05) is 24.3 Å². The zero-order valence-electron chi connectivity index (χ0n) is 14.3. The van der Waals surface area contributed by atoms with E-state index in [-0.39, 0.29) is 5.91 Å². The number of benzene rings is 1. The molecule has 1 atom stereocenters. The summed E-state index contributed by atoms with van der Waals surface area (Å²) < 4.78 is 5.46. The zero-order chi connectivity index (χ0) is 17.2. The van der Waals surface area contributed by atoms with Crippen LogP contribution in [0.5, 0.6) is 0 Å². The molecule has 6 heteroatoms. The highest BCUT2D eigenvalue weighted by Crippen LogP contribution is 2.26. The van der Waals surface area contributed by atoms with E-state index in [1.54, 1.807) is 20.8 Å². The predicted molar refractivity (Wildman–Crippen MR) is 85.5 cm³/mol. The van der Waals surface area contributed by atoms with Gasteiger partial charge < -0.3 is 4.74 Å². The zero-order valence-corrected chi connectivity index (χ0v) is 14.3. The van der Waals surface area contributed by atoms with E-state index in [9.17, 15) is 9.59 Å². The fourth-order valence-electron chi connectivity index (χ4n) is 2.56. The molecule has 1 aliphatic rings. The molecule has 0 saturated carbocycles. The van der Waals surface area contributed by atoms with Crippen LogP contribution in [0.15, 0.2) is 24.3 Å². The van der Waals surface area contributed by atoms with E-state index < -0.39 is 17.7 Å². The molecule has 23 heavy (non-hydrogen) atoms. The van der Waals surface area contributed by atoms with Gasteiger partial charge in [-0.15, -0.1) is 0 Å². The third-order valence-corrected chi connectivity index (χ3v) is 3.75. The Bertz CT molecular complexity index is 595. The first-order valence-corrected chi connectivity index (χ1v) is 7.61. The van der Waals surface area contributed by atoms with Crippen LogP contribution in [-0.4, -0.2) is 47.8 Å². The third kappa shape index (κ3) is 4.01. The van der Waals surface area contributed by atoms with Gasteiger partial charge in [-0.05, 0) is 31.9 Å². The Morgan fingerprint density at radius 1 is 1.22 bits per heavy atom. The molecule has 0 fully saturated rings. The van der Waals surface area contributed by atoms with Crippen LogP contribution in [-0.2, 0) is 27.3 Å². The van der Waals surface area contributed by atoms with Crippen molar-refractivity contribution < 1.29 is 19.2 Å². The van der Waals surface area contributed by atoms with Gasteiger partial charge in [0, 0.05) is 13.5 Å². The monoisotopic (exact) mass is 320 g/mol. The Hall–Kier alpha value is -2.08. The molecule has 2 rings (SSSR count). The van der Waals surface area contributed by atoms with Crippen molar-refractivity contribution in [1.29, 1.82) is 0 Å². The second-order valence-corrected chi connectivity index (χ2v) is 6.62. The van der Waals surface area contributed by atoms with Gasteiger partial charge in [0.1, 0.15) is 11.6 Å². The fraction of sp³-hybridized carbons (Fsp3) is 0.529. The summed E-state index contributed by atoms with van der Waals surface area (Å²) in [5.74, 6) is -0.270. The first-order chi connectivity index (χ1) is 10.7. The van der Waals surface area contributed by atoms with Gasteiger partial charge >= 0.3 is 6.09 Å². The van der Waals surface area contributed by atoms with Crippen molar-refractivity contribution in [2.45, 2.75) is 45.4 Å². The Morgan fingerprint density at radius 2 is 1.83 bits per heavy atom. The lowest BCUT2D eigenvalue weighted by atomic mass is 9.94. The molecular formula is C17H24N2O4. The van der Waals surface area contributed by atoms with Crippen molar-refractivity contribution >= 4 is 12.0 Å². The summed E-state index contributed by atoms with van der Waals surface area (Å²) in [4.78, 5) is 31.6. The van der Waals surface area contributed by atoms with E-state index in [0.29, 0.717) is 13.0 Å². The molecule has 1 aliphatic heterocycles. The van der Waals surface area contributed by atoms with Gasteiger partial charge in [0.2, 0.25) is 0 Å². The van der Waals surface area contributed by atoms with Crippen LogP contribution >= 0.6 is 0 Å². The van der Waals surface area contributed by atoms with Crippen molar-refractivity contribution in [3.63, 3.8) is 0 Å². The van der Waals surface area contributed by atoms with E-state index in [0.717, 1.165) is 16.2 Å².